The number of carbonyl (C=O) groups is 1. The number of amides is 1. The lowest BCUT2D eigenvalue weighted by Crippen LogP contribution is -2.14. The summed E-state index contributed by atoms with van der Waals surface area (Å²) in [5.74, 6) is 0.935. The number of thioether (sulfide) groups is 1. The quantitative estimate of drug-likeness (QED) is 0.425. The summed E-state index contributed by atoms with van der Waals surface area (Å²) < 4.78 is 7.40. The van der Waals surface area contributed by atoms with E-state index in [2.05, 4.69) is 15.5 Å². The van der Waals surface area contributed by atoms with Crippen molar-refractivity contribution in [1.29, 1.82) is 0 Å². The molecule has 0 bridgehead atoms. The molecule has 2 N–H and O–H groups in total. The largest absolute Gasteiger partial charge is 0.506 e. The number of halogens is 2. The second-order valence-electron chi connectivity index (χ2n) is 5.68. The zero-order chi connectivity index (χ0) is 20.1. The monoisotopic (exact) mass is 438 g/mol. The van der Waals surface area contributed by atoms with Crippen LogP contribution in [-0.2, 0) is 18.4 Å². The summed E-state index contributed by atoms with van der Waals surface area (Å²) in [5, 5.41) is 22.0. The smallest absolute Gasteiger partial charge is 0.234 e. The molecule has 2 aromatic carbocycles. The molecule has 0 aliphatic heterocycles. The molecule has 1 heterocycles. The van der Waals surface area contributed by atoms with E-state index in [-0.39, 0.29) is 24.0 Å². The summed E-state index contributed by atoms with van der Waals surface area (Å²) in [4.78, 5) is 12.1. The number of benzene rings is 2. The van der Waals surface area contributed by atoms with E-state index in [9.17, 15) is 9.90 Å². The van der Waals surface area contributed by atoms with Gasteiger partial charge in [-0.1, -0.05) is 47.1 Å². The van der Waals surface area contributed by atoms with Gasteiger partial charge in [-0.2, -0.15) is 0 Å². The number of hydrogen-bond donors (Lipinski definition) is 2. The number of nitrogens with one attached hydrogen (secondary N) is 1. The Kier molecular flexibility index (Phi) is 6.66. The van der Waals surface area contributed by atoms with Crippen LogP contribution in [0.15, 0.2) is 47.6 Å². The van der Waals surface area contributed by atoms with Crippen molar-refractivity contribution in [3.8, 4) is 11.5 Å². The van der Waals surface area contributed by atoms with Gasteiger partial charge in [0, 0.05) is 12.1 Å². The van der Waals surface area contributed by atoms with Crippen molar-refractivity contribution in [3.63, 3.8) is 0 Å². The molecule has 0 atom stereocenters. The fourth-order valence-corrected chi connectivity index (χ4v) is 3.42. The molecular formula is C18H16Cl2N4O3S. The van der Waals surface area contributed by atoms with Gasteiger partial charge in [-0.25, -0.2) is 0 Å². The summed E-state index contributed by atoms with van der Waals surface area (Å²) in [6, 6.07) is 11.5. The maximum absolute atomic E-state index is 12.1. The van der Waals surface area contributed by atoms with E-state index in [0.29, 0.717) is 32.5 Å². The van der Waals surface area contributed by atoms with Gasteiger partial charge in [0.15, 0.2) is 11.0 Å². The number of aromatic nitrogens is 3. The number of rotatable bonds is 7. The van der Waals surface area contributed by atoms with Crippen LogP contribution in [0.1, 0.15) is 5.82 Å². The third kappa shape index (κ3) is 5.09. The highest BCUT2D eigenvalue weighted by atomic mass is 35.5. The predicted octanol–water partition coefficient (Wildman–Crippen LogP) is 4.14. The number of aromatic hydroxyl groups is 1. The van der Waals surface area contributed by atoms with Crippen LogP contribution in [-0.4, -0.2) is 31.5 Å². The molecule has 1 aromatic heterocycles. The van der Waals surface area contributed by atoms with E-state index in [1.807, 2.05) is 0 Å². The van der Waals surface area contributed by atoms with Crippen LogP contribution in [0, 0.1) is 0 Å². The minimum Gasteiger partial charge on any atom is -0.506 e. The van der Waals surface area contributed by atoms with Crippen molar-refractivity contribution in [2.45, 2.75) is 11.8 Å². The molecule has 146 valence electrons. The van der Waals surface area contributed by atoms with Crippen LogP contribution in [0.5, 0.6) is 11.5 Å². The number of carbonyl (C=O) groups excluding carboxylic acids is 1. The van der Waals surface area contributed by atoms with Gasteiger partial charge in [0.05, 0.1) is 16.5 Å². The van der Waals surface area contributed by atoms with Gasteiger partial charge in [0.25, 0.3) is 0 Å². The standard InChI is InChI=1S/C18H16Cl2N4O3S/c1-24-16(9-27-15-7-6-11(19)8-12(15)20)22-23-18(24)28-10-17(26)21-13-4-2-3-5-14(13)25/h2-8,25H,9-10H2,1H3,(H,21,26). The van der Waals surface area contributed by atoms with Gasteiger partial charge in [-0.05, 0) is 30.3 Å². The number of para-hydroxylation sites is 2. The summed E-state index contributed by atoms with van der Waals surface area (Å²) in [6.07, 6.45) is 0. The first kappa shape index (κ1) is 20.3. The van der Waals surface area contributed by atoms with E-state index in [0.717, 1.165) is 0 Å². The summed E-state index contributed by atoms with van der Waals surface area (Å²) in [7, 11) is 1.78. The van der Waals surface area contributed by atoms with Crippen molar-refractivity contribution in [2.75, 3.05) is 11.1 Å². The number of anilines is 1. The van der Waals surface area contributed by atoms with E-state index in [1.165, 1.54) is 17.8 Å². The zero-order valence-corrected chi connectivity index (χ0v) is 17.1. The second-order valence-corrected chi connectivity index (χ2v) is 7.46. The Bertz CT molecular complexity index is 997. The molecule has 0 spiro atoms. The molecule has 0 saturated carbocycles. The van der Waals surface area contributed by atoms with Crippen LogP contribution in [0.3, 0.4) is 0 Å². The van der Waals surface area contributed by atoms with Gasteiger partial charge in [0.1, 0.15) is 18.1 Å². The van der Waals surface area contributed by atoms with Crippen LogP contribution >= 0.6 is 35.0 Å². The molecule has 1 amide bonds. The van der Waals surface area contributed by atoms with Crippen LogP contribution < -0.4 is 10.1 Å². The molecule has 0 saturated heterocycles. The molecule has 10 heteroatoms. The molecule has 0 aliphatic carbocycles. The molecule has 28 heavy (non-hydrogen) atoms. The number of nitrogens with zero attached hydrogens (tertiary/aromatic N) is 3. The number of hydrogen-bond acceptors (Lipinski definition) is 6. The van der Waals surface area contributed by atoms with Crippen molar-refractivity contribution in [3.05, 3.63) is 58.3 Å². The Morgan fingerprint density at radius 1 is 1.25 bits per heavy atom. The lowest BCUT2D eigenvalue weighted by Gasteiger charge is -2.08. The SMILES string of the molecule is Cn1c(COc2ccc(Cl)cc2Cl)nnc1SCC(=O)Nc1ccccc1O. The molecule has 3 aromatic rings. The lowest BCUT2D eigenvalue weighted by atomic mass is 10.3. The van der Waals surface area contributed by atoms with Crippen LogP contribution in [0.4, 0.5) is 5.69 Å². The summed E-state index contributed by atoms with van der Waals surface area (Å²) in [6.45, 7) is 0.162. The Morgan fingerprint density at radius 2 is 2.04 bits per heavy atom. The van der Waals surface area contributed by atoms with Gasteiger partial charge in [-0.3, -0.25) is 4.79 Å². The Hall–Kier alpha value is -2.42. The highest BCUT2D eigenvalue weighted by molar-refractivity contribution is 7.99. The van der Waals surface area contributed by atoms with Crippen LogP contribution in [0.2, 0.25) is 10.0 Å². The van der Waals surface area contributed by atoms with Gasteiger partial charge in [0.2, 0.25) is 5.91 Å². The Balaban J connectivity index is 1.55. The van der Waals surface area contributed by atoms with Gasteiger partial charge < -0.3 is 19.7 Å². The predicted molar refractivity (Wildman–Crippen MR) is 109 cm³/mol. The highest BCUT2D eigenvalue weighted by Crippen LogP contribution is 2.28. The lowest BCUT2D eigenvalue weighted by molar-refractivity contribution is -0.113. The minimum atomic E-state index is -0.264. The third-order valence-corrected chi connectivity index (χ3v) is 5.24. The maximum atomic E-state index is 12.1. The van der Waals surface area contributed by atoms with Gasteiger partial charge in [-0.15, -0.1) is 10.2 Å². The van der Waals surface area contributed by atoms with E-state index < -0.39 is 0 Å². The second kappa shape index (κ2) is 9.18. The van der Waals surface area contributed by atoms with Crippen molar-refractivity contribution in [2.24, 2.45) is 7.05 Å². The molecule has 0 fully saturated rings. The highest BCUT2D eigenvalue weighted by Gasteiger charge is 2.13. The minimum absolute atomic E-state index is 0.0137. The van der Waals surface area contributed by atoms with Crippen molar-refractivity contribution >= 4 is 46.6 Å². The molecule has 7 nitrogen and oxygen atoms in total. The molecule has 0 radical (unpaired) electrons. The topological polar surface area (TPSA) is 89.3 Å². The fourth-order valence-electron chi connectivity index (χ4n) is 2.23. The molecule has 0 aliphatic rings. The summed E-state index contributed by atoms with van der Waals surface area (Å²) >= 11 is 13.2. The number of ether oxygens (including phenoxy) is 1. The third-order valence-electron chi connectivity index (χ3n) is 3.69. The normalized spacial score (nSPS) is 10.7. The maximum Gasteiger partial charge on any atom is 0.234 e. The first-order valence-corrected chi connectivity index (χ1v) is 9.85. The zero-order valence-electron chi connectivity index (χ0n) is 14.7. The fraction of sp³-hybridized carbons (Fsp3) is 0.167. The van der Waals surface area contributed by atoms with Crippen molar-refractivity contribution < 1.29 is 14.6 Å². The van der Waals surface area contributed by atoms with E-state index in [4.69, 9.17) is 27.9 Å². The molecular weight excluding hydrogens is 423 g/mol. The first-order valence-electron chi connectivity index (χ1n) is 8.11. The first-order chi connectivity index (χ1) is 13.4. The van der Waals surface area contributed by atoms with Crippen LogP contribution in [0.25, 0.3) is 0 Å². The number of phenolic OH excluding ortho intramolecular Hbond substituents is 1. The van der Waals surface area contributed by atoms with Gasteiger partial charge >= 0.3 is 0 Å². The van der Waals surface area contributed by atoms with E-state index in [1.54, 1.807) is 48.0 Å². The van der Waals surface area contributed by atoms with E-state index >= 15 is 0 Å². The molecule has 0 unspecified atom stereocenters. The number of phenols is 1. The summed E-state index contributed by atoms with van der Waals surface area (Å²) in [5.41, 5.74) is 0.361. The Morgan fingerprint density at radius 3 is 2.79 bits per heavy atom. The average Bonchev–Trinajstić information content (AvgIpc) is 3.01. The van der Waals surface area contributed by atoms with Crippen molar-refractivity contribution in [1.82, 2.24) is 14.8 Å². The Labute approximate surface area is 175 Å². The molecule has 3 rings (SSSR count). The average molecular weight is 439 g/mol.